The number of thioether (sulfide) groups is 1. The van der Waals surface area contributed by atoms with Crippen LogP contribution in [-0.2, 0) is 4.79 Å². The van der Waals surface area contributed by atoms with E-state index in [-0.39, 0.29) is 22.9 Å². The molecule has 1 heterocycles. The number of anilines is 2. The molecule has 0 saturated carbocycles. The number of carboxylic acids is 1. The fourth-order valence-electron chi connectivity index (χ4n) is 3.28. The van der Waals surface area contributed by atoms with Gasteiger partial charge in [0.05, 0.1) is 6.26 Å². The molecule has 4 N–H and O–H groups in total. The number of nitrogens with one attached hydrogen (secondary N) is 2. The Labute approximate surface area is 204 Å². The number of carbonyl (C=O) groups excluding carboxylic acids is 2. The molecule has 0 bridgehead atoms. The normalized spacial score (nSPS) is 11.4. The SMILES string of the molecule is O=C(Nc1cccc(SC(C(=O)Nc2ccc(O)c(C(=O)O)c2)c2ccccc2)c1)c1ccco1. The molecule has 1 atom stereocenters. The standard InChI is InChI=1S/C26H20N2O6S/c29-21-12-11-18(15-20(21)26(32)33)28-25(31)23(16-6-2-1-3-7-16)35-19-9-4-8-17(14-19)27-24(30)22-10-5-13-34-22/h1-15,23,29H,(H,27,30)(H,28,31)(H,32,33). The van der Waals surface area contributed by atoms with E-state index in [2.05, 4.69) is 10.6 Å². The fourth-order valence-corrected chi connectivity index (χ4v) is 4.36. The average molecular weight is 489 g/mol. The van der Waals surface area contributed by atoms with Crippen LogP contribution in [0, 0.1) is 0 Å². The Kier molecular flexibility index (Phi) is 7.18. The van der Waals surface area contributed by atoms with Crippen LogP contribution in [0.2, 0.25) is 0 Å². The zero-order valence-corrected chi connectivity index (χ0v) is 19.0. The van der Waals surface area contributed by atoms with E-state index < -0.39 is 22.9 Å². The molecule has 0 spiro atoms. The number of furan rings is 1. The monoisotopic (exact) mass is 488 g/mol. The van der Waals surface area contributed by atoms with Crippen LogP contribution in [0.3, 0.4) is 0 Å². The number of rotatable bonds is 8. The third-order valence-corrected chi connectivity index (χ3v) is 6.17. The average Bonchev–Trinajstić information content (AvgIpc) is 3.40. The first-order valence-corrected chi connectivity index (χ1v) is 11.3. The lowest BCUT2D eigenvalue weighted by molar-refractivity contribution is -0.115. The molecule has 0 aliphatic heterocycles. The summed E-state index contributed by atoms with van der Waals surface area (Å²) >= 11 is 1.27. The Morgan fingerprint density at radius 1 is 0.829 bits per heavy atom. The second-order valence-corrected chi connectivity index (χ2v) is 8.57. The van der Waals surface area contributed by atoms with Crippen molar-refractivity contribution in [2.75, 3.05) is 10.6 Å². The van der Waals surface area contributed by atoms with Crippen LogP contribution >= 0.6 is 11.8 Å². The summed E-state index contributed by atoms with van der Waals surface area (Å²) in [6.45, 7) is 0. The van der Waals surface area contributed by atoms with Gasteiger partial charge in [0.15, 0.2) is 5.76 Å². The van der Waals surface area contributed by atoms with Gasteiger partial charge in [-0.2, -0.15) is 0 Å². The summed E-state index contributed by atoms with van der Waals surface area (Å²) in [4.78, 5) is 37.6. The van der Waals surface area contributed by atoms with Crippen LogP contribution in [0.15, 0.2) is 101 Å². The number of carboxylic acid groups (broad SMARTS) is 1. The highest BCUT2D eigenvalue weighted by Crippen LogP contribution is 2.37. The van der Waals surface area contributed by atoms with E-state index in [0.717, 1.165) is 10.5 Å². The summed E-state index contributed by atoms with van der Waals surface area (Å²) in [5.41, 5.74) is 1.20. The van der Waals surface area contributed by atoms with Gasteiger partial charge in [-0.1, -0.05) is 36.4 Å². The molecule has 1 unspecified atom stereocenters. The minimum absolute atomic E-state index is 0.180. The Hall–Kier alpha value is -4.50. The minimum atomic E-state index is -1.30. The fraction of sp³-hybridized carbons (Fsp3) is 0.0385. The van der Waals surface area contributed by atoms with Gasteiger partial charge in [-0.3, -0.25) is 9.59 Å². The third-order valence-electron chi connectivity index (χ3n) is 4.93. The summed E-state index contributed by atoms with van der Waals surface area (Å²) in [6.07, 6.45) is 1.41. The number of benzene rings is 3. The van der Waals surface area contributed by atoms with E-state index >= 15 is 0 Å². The first-order valence-electron chi connectivity index (χ1n) is 10.4. The van der Waals surface area contributed by atoms with Crippen molar-refractivity contribution < 1.29 is 29.0 Å². The zero-order chi connectivity index (χ0) is 24.8. The molecule has 4 rings (SSSR count). The van der Waals surface area contributed by atoms with Crippen molar-refractivity contribution in [1.29, 1.82) is 0 Å². The summed E-state index contributed by atoms with van der Waals surface area (Å²) < 4.78 is 5.12. The van der Waals surface area contributed by atoms with Gasteiger partial charge in [-0.25, -0.2) is 4.79 Å². The molecule has 0 radical (unpaired) electrons. The molecule has 2 amide bonds. The molecule has 3 aromatic carbocycles. The Morgan fingerprint density at radius 2 is 1.60 bits per heavy atom. The molecule has 4 aromatic rings. The molecule has 1 aromatic heterocycles. The maximum atomic E-state index is 13.3. The van der Waals surface area contributed by atoms with Gasteiger partial charge in [0.25, 0.3) is 5.91 Å². The van der Waals surface area contributed by atoms with E-state index in [1.165, 1.54) is 36.2 Å². The van der Waals surface area contributed by atoms with Crippen molar-refractivity contribution in [2.45, 2.75) is 10.1 Å². The van der Waals surface area contributed by atoms with Crippen LogP contribution < -0.4 is 10.6 Å². The highest BCUT2D eigenvalue weighted by atomic mass is 32.2. The largest absolute Gasteiger partial charge is 0.507 e. The maximum Gasteiger partial charge on any atom is 0.339 e. The lowest BCUT2D eigenvalue weighted by Gasteiger charge is -2.18. The number of carbonyl (C=O) groups is 3. The van der Waals surface area contributed by atoms with Gasteiger partial charge in [0.2, 0.25) is 5.91 Å². The van der Waals surface area contributed by atoms with Crippen molar-refractivity contribution in [2.24, 2.45) is 0 Å². The highest BCUT2D eigenvalue weighted by molar-refractivity contribution is 8.00. The van der Waals surface area contributed by atoms with Crippen molar-refractivity contribution in [1.82, 2.24) is 0 Å². The zero-order valence-electron chi connectivity index (χ0n) is 18.2. The van der Waals surface area contributed by atoms with Gasteiger partial charge in [-0.05, 0) is 54.1 Å². The van der Waals surface area contributed by atoms with E-state index in [9.17, 15) is 24.6 Å². The van der Waals surface area contributed by atoms with Gasteiger partial charge >= 0.3 is 5.97 Å². The number of phenols is 1. The van der Waals surface area contributed by atoms with E-state index in [1.807, 2.05) is 36.4 Å². The van der Waals surface area contributed by atoms with Crippen LogP contribution in [0.4, 0.5) is 11.4 Å². The van der Waals surface area contributed by atoms with Crippen LogP contribution in [0.25, 0.3) is 0 Å². The molecular formula is C26H20N2O6S. The summed E-state index contributed by atoms with van der Waals surface area (Å²) in [5.74, 6) is -2.29. The van der Waals surface area contributed by atoms with Gasteiger partial charge < -0.3 is 25.3 Å². The number of hydrogen-bond acceptors (Lipinski definition) is 6. The van der Waals surface area contributed by atoms with Crippen LogP contribution in [-0.4, -0.2) is 28.0 Å². The Morgan fingerprint density at radius 3 is 2.31 bits per heavy atom. The quantitative estimate of drug-likeness (QED) is 0.193. The number of hydrogen-bond donors (Lipinski definition) is 4. The lowest BCUT2D eigenvalue weighted by Crippen LogP contribution is -2.19. The predicted molar refractivity (Wildman–Crippen MR) is 132 cm³/mol. The van der Waals surface area contributed by atoms with Gasteiger partial charge in [0.1, 0.15) is 16.6 Å². The first-order chi connectivity index (χ1) is 16.9. The minimum Gasteiger partial charge on any atom is -0.507 e. The second-order valence-electron chi connectivity index (χ2n) is 7.39. The number of aromatic carboxylic acids is 1. The van der Waals surface area contributed by atoms with Crippen molar-refractivity contribution >= 4 is 40.9 Å². The summed E-state index contributed by atoms with van der Waals surface area (Å²) in [6, 6.07) is 23.2. The summed E-state index contributed by atoms with van der Waals surface area (Å²) in [7, 11) is 0. The smallest absolute Gasteiger partial charge is 0.339 e. The molecule has 0 aliphatic carbocycles. The molecule has 35 heavy (non-hydrogen) atoms. The first kappa shape index (κ1) is 23.7. The van der Waals surface area contributed by atoms with Crippen LogP contribution in [0.5, 0.6) is 5.75 Å². The molecule has 0 saturated heterocycles. The molecule has 9 heteroatoms. The second kappa shape index (κ2) is 10.6. The highest BCUT2D eigenvalue weighted by Gasteiger charge is 2.23. The summed E-state index contributed by atoms with van der Waals surface area (Å²) in [5, 5.41) is 23.8. The lowest BCUT2D eigenvalue weighted by atomic mass is 10.1. The van der Waals surface area contributed by atoms with E-state index in [4.69, 9.17) is 4.42 Å². The van der Waals surface area contributed by atoms with Gasteiger partial charge in [-0.15, -0.1) is 11.8 Å². The number of amides is 2. The molecule has 0 aliphatic rings. The molecular weight excluding hydrogens is 468 g/mol. The van der Waals surface area contributed by atoms with Crippen molar-refractivity contribution in [3.05, 3.63) is 108 Å². The van der Waals surface area contributed by atoms with Crippen molar-refractivity contribution in [3.63, 3.8) is 0 Å². The van der Waals surface area contributed by atoms with Gasteiger partial charge in [0, 0.05) is 16.3 Å². The topological polar surface area (TPSA) is 129 Å². The number of aromatic hydroxyl groups is 1. The van der Waals surface area contributed by atoms with E-state index in [0.29, 0.717) is 5.69 Å². The molecule has 8 nitrogen and oxygen atoms in total. The Bertz CT molecular complexity index is 1360. The Balaban J connectivity index is 1.56. The van der Waals surface area contributed by atoms with Crippen LogP contribution in [0.1, 0.15) is 31.7 Å². The third kappa shape index (κ3) is 5.90. The molecule has 0 fully saturated rings. The molecule has 176 valence electrons. The van der Waals surface area contributed by atoms with E-state index in [1.54, 1.807) is 30.3 Å². The maximum absolute atomic E-state index is 13.3. The predicted octanol–water partition coefficient (Wildman–Crippen LogP) is 5.41. The van der Waals surface area contributed by atoms with Crippen molar-refractivity contribution in [3.8, 4) is 5.75 Å².